The number of hydrogen-bond donors (Lipinski definition) is 1. The second-order valence-corrected chi connectivity index (χ2v) is 5.91. The lowest BCUT2D eigenvalue weighted by molar-refractivity contribution is 0.0687. The van der Waals surface area contributed by atoms with Gasteiger partial charge in [0.2, 0.25) is 0 Å². The van der Waals surface area contributed by atoms with Gasteiger partial charge in [-0.05, 0) is 12.1 Å². The van der Waals surface area contributed by atoms with Crippen molar-refractivity contribution in [2.45, 2.75) is 4.90 Å². The van der Waals surface area contributed by atoms with Crippen LogP contribution in [0.25, 0.3) is 0 Å². The van der Waals surface area contributed by atoms with Crippen molar-refractivity contribution < 1.29 is 8.42 Å². The van der Waals surface area contributed by atoms with Gasteiger partial charge < -0.3 is 5.32 Å². The normalized spacial score (nSPS) is 18.5. The van der Waals surface area contributed by atoms with Gasteiger partial charge in [0.1, 0.15) is 0 Å². The van der Waals surface area contributed by atoms with E-state index in [1.807, 2.05) is 11.1 Å². The summed E-state index contributed by atoms with van der Waals surface area (Å²) in [6.45, 7) is 3.05. The highest BCUT2D eigenvalue weighted by Crippen LogP contribution is 2.15. The van der Waals surface area contributed by atoms with Crippen LogP contribution in [0.15, 0.2) is 35.2 Å². The Kier molecular flexibility index (Phi) is 3.78. The first kappa shape index (κ1) is 12.5. The summed E-state index contributed by atoms with van der Waals surface area (Å²) in [6.07, 6.45) is 0. The summed E-state index contributed by atoms with van der Waals surface area (Å²) in [5.41, 5.74) is 0. The number of nitrogens with one attached hydrogen (secondary N) is 1. The molecule has 1 fully saturated rings. The Hall–Kier alpha value is -0.950. The van der Waals surface area contributed by atoms with Gasteiger partial charge in [-0.1, -0.05) is 18.2 Å². The molecule has 5 nitrogen and oxygen atoms in total. The van der Waals surface area contributed by atoms with E-state index in [-0.39, 0.29) is 0 Å². The van der Waals surface area contributed by atoms with Gasteiger partial charge in [0.05, 0.1) is 4.90 Å². The largest absolute Gasteiger partial charge is 0.314 e. The Morgan fingerprint density at radius 1 is 1.18 bits per heavy atom. The maximum absolute atomic E-state index is 12.3. The Bertz CT molecular complexity index is 455. The molecule has 1 N–H and O–H groups in total. The zero-order valence-corrected chi connectivity index (χ0v) is 10.7. The smallest absolute Gasteiger partial charge is 0.255 e. The number of sulfonamides is 1. The van der Waals surface area contributed by atoms with Crippen molar-refractivity contribution in [3.8, 4) is 0 Å². The molecule has 1 aromatic carbocycles. The topological polar surface area (TPSA) is 52.6 Å². The Morgan fingerprint density at radius 2 is 1.76 bits per heavy atom. The van der Waals surface area contributed by atoms with Gasteiger partial charge in [-0.3, -0.25) is 0 Å². The number of hydrogen-bond acceptors (Lipinski definition) is 4. The van der Waals surface area contributed by atoms with Crippen LogP contribution in [0.2, 0.25) is 0 Å². The van der Waals surface area contributed by atoms with Crippen molar-refractivity contribution in [2.24, 2.45) is 0 Å². The fourth-order valence-electron chi connectivity index (χ4n) is 1.83. The van der Waals surface area contributed by atoms with Crippen molar-refractivity contribution in [3.63, 3.8) is 0 Å². The summed E-state index contributed by atoms with van der Waals surface area (Å²) >= 11 is 0. The van der Waals surface area contributed by atoms with Crippen molar-refractivity contribution in [3.05, 3.63) is 30.3 Å². The first-order chi connectivity index (χ1) is 8.12. The minimum Gasteiger partial charge on any atom is -0.314 e. The van der Waals surface area contributed by atoms with Gasteiger partial charge in [-0.2, -0.15) is 0 Å². The Labute approximate surface area is 102 Å². The molecule has 0 saturated carbocycles. The van der Waals surface area contributed by atoms with E-state index in [1.54, 1.807) is 31.3 Å². The summed E-state index contributed by atoms with van der Waals surface area (Å²) in [4.78, 5) is 0.334. The fourth-order valence-corrected chi connectivity index (χ4v) is 3.11. The zero-order chi connectivity index (χ0) is 12.3. The van der Waals surface area contributed by atoms with Crippen LogP contribution in [0.5, 0.6) is 0 Å². The summed E-state index contributed by atoms with van der Waals surface area (Å²) < 4.78 is 25.9. The Balaban J connectivity index is 2.20. The van der Waals surface area contributed by atoms with Crippen molar-refractivity contribution >= 4 is 10.0 Å². The summed E-state index contributed by atoms with van der Waals surface area (Å²) in [5.74, 6) is 0. The van der Waals surface area contributed by atoms with Crippen molar-refractivity contribution in [1.82, 2.24) is 14.7 Å². The van der Waals surface area contributed by atoms with Crippen LogP contribution in [-0.2, 0) is 10.0 Å². The molecule has 1 heterocycles. The van der Waals surface area contributed by atoms with Crippen LogP contribution < -0.4 is 5.32 Å². The van der Waals surface area contributed by atoms with E-state index >= 15 is 0 Å². The highest BCUT2D eigenvalue weighted by molar-refractivity contribution is 7.89. The van der Waals surface area contributed by atoms with Crippen LogP contribution in [0.1, 0.15) is 0 Å². The molecule has 94 valence electrons. The van der Waals surface area contributed by atoms with Crippen molar-refractivity contribution in [1.29, 1.82) is 0 Å². The molecule has 0 spiro atoms. The molecular formula is C11H17N3O2S. The van der Waals surface area contributed by atoms with Gasteiger partial charge in [0.15, 0.2) is 0 Å². The third kappa shape index (κ3) is 2.66. The molecule has 0 aromatic heterocycles. The van der Waals surface area contributed by atoms with Gasteiger partial charge in [-0.15, -0.1) is 4.41 Å². The predicted molar refractivity (Wildman–Crippen MR) is 65.8 cm³/mol. The van der Waals surface area contributed by atoms with Gasteiger partial charge in [-0.25, -0.2) is 13.4 Å². The molecule has 1 aliphatic rings. The summed E-state index contributed by atoms with van der Waals surface area (Å²) in [5, 5.41) is 5.04. The van der Waals surface area contributed by atoms with E-state index in [9.17, 15) is 8.42 Å². The minimum absolute atomic E-state index is 0.334. The maximum atomic E-state index is 12.3. The molecule has 0 aliphatic carbocycles. The molecular weight excluding hydrogens is 238 g/mol. The van der Waals surface area contributed by atoms with Crippen LogP contribution >= 0.6 is 0 Å². The third-order valence-electron chi connectivity index (χ3n) is 2.88. The van der Waals surface area contributed by atoms with Gasteiger partial charge in [0, 0.05) is 33.2 Å². The lowest BCUT2D eigenvalue weighted by Gasteiger charge is -2.34. The minimum atomic E-state index is -3.41. The summed E-state index contributed by atoms with van der Waals surface area (Å²) in [7, 11) is -1.80. The van der Waals surface area contributed by atoms with E-state index in [0.717, 1.165) is 13.1 Å². The Morgan fingerprint density at radius 3 is 2.35 bits per heavy atom. The quantitative estimate of drug-likeness (QED) is 0.834. The van der Waals surface area contributed by atoms with E-state index in [2.05, 4.69) is 5.32 Å². The standard InChI is InChI=1S/C11H17N3O2S/c1-13(14-9-7-12-8-10-14)17(15,16)11-5-3-2-4-6-11/h2-6,12H,7-10H2,1H3. The molecule has 0 atom stereocenters. The molecule has 1 aromatic rings. The number of nitrogens with zero attached hydrogens (tertiary/aromatic N) is 2. The van der Waals surface area contributed by atoms with Crippen LogP contribution in [-0.4, -0.2) is 51.1 Å². The zero-order valence-electron chi connectivity index (χ0n) is 9.83. The molecule has 0 amide bonds. The van der Waals surface area contributed by atoms with E-state index < -0.39 is 10.0 Å². The van der Waals surface area contributed by atoms with E-state index in [4.69, 9.17) is 0 Å². The molecule has 1 saturated heterocycles. The summed E-state index contributed by atoms with van der Waals surface area (Å²) in [6, 6.07) is 8.52. The first-order valence-electron chi connectivity index (χ1n) is 5.62. The number of rotatable bonds is 3. The van der Waals surface area contributed by atoms with Gasteiger partial charge in [0.25, 0.3) is 10.0 Å². The van der Waals surface area contributed by atoms with Crippen LogP contribution in [0, 0.1) is 0 Å². The third-order valence-corrected chi connectivity index (χ3v) is 4.68. The van der Waals surface area contributed by atoms with Crippen LogP contribution in [0.3, 0.4) is 0 Å². The average molecular weight is 255 g/mol. The number of benzene rings is 1. The lowest BCUT2D eigenvalue weighted by atomic mass is 10.4. The highest BCUT2D eigenvalue weighted by Gasteiger charge is 2.26. The molecule has 6 heteroatoms. The lowest BCUT2D eigenvalue weighted by Crippen LogP contribution is -2.52. The molecule has 0 radical (unpaired) electrons. The molecule has 2 rings (SSSR count). The first-order valence-corrected chi connectivity index (χ1v) is 7.06. The van der Waals surface area contributed by atoms with E-state index in [0.29, 0.717) is 18.0 Å². The number of piperazine rings is 1. The monoisotopic (exact) mass is 255 g/mol. The molecule has 0 bridgehead atoms. The molecule has 0 unspecified atom stereocenters. The van der Waals surface area contributed by atoms with Gasteiger partial charge >= 0.3 is 0 Å². The second-order valence-electron chi connectivity index (χ2n) is 3.96. The molecule has 1 aliphatic heterocycles. The highest BCUT2D eigenvalue weighted by atomic mass is 32.2. The molecule has 17 heavy (non-hydrogen) atoms. The average Bonchev–Trinajstić information content (AvgIpc) is 2.40. The SMILES string of the molecule is CN(N1CCNCC1)S(=O)(=O)c1ccccc1. The fraction of sp³-hybridized carbons (Fsp3) is 0.455. The van der Waals surface area contributed by atoms with E-state index in [1.165, 1.54) is 4.41 Å². The van der Waals surface area contributed by atoms with Crippen molar-refractivity contribution in [2.75, 3.05) is 33.2 Å². The number of hydrazine groups is 1. The van der Waals surface area contributed by atoms with Crippen LogP contribution in [0.4, 0.5) is 0 Å². The predicted octanol–water partition coefficient (Wildman–Crippen LogP) is 0.127. The maximum Gasteiger partial charge on any atom is 0.255 e. The second kappa shape index (κ2) is 5.14.